The number of hydrogen-bond donors (Lipinski definition) is 2. The minimum atomic E-state index is 0. The number of thiazole rings is 1. The molecule has 0 aliphatic rings. The second-order valence-electron chi connectivity index (χ2n) is 5.46. The van der Waals surface area contributed by atoms with Crippen LogP contribution in [0.4, 0.5) is 0 Å². The molecule has 0 saturated carbocycles. The lowest BCUT2D eigenvalue weighted by atomic mass is 10.1. The summed E-state index contributed by atoms with van der Waals surface area (Å²) in [4.78, 5) is 10.0. The molecule has 0 amide bonds. The third-order valence-electron chi connectivity index (χ3n) is 3.82. The third kappa shape index (κ3) is 6.05. The van der Waals surface area contributed by atoms with E-state index in [1.165, 1.54) is 16.0 Å². The Bertz CT molecular complexity index is 637. The van der Waals surface area contributed by atoms with Gasteiger partial charge in [0, 0.05) is 18.1 Å². The lowest BCUT2D eigenvalue weighted by Crippen LogP contribution is -2.38. The van der Waals surface area contributed by atoms with Crippen molar-refractivity contribution in [1.29, 1.82) is 0 Å². The van der Waals surface area contributed by atoms with Crippen LogP contribution in [-0.4, -0.2) is 18.0 Å². The van der Waals surface area contributed by atoms with Crippen LogP contribution < -0.4 is 10.6 Å². The molecule has 4 nitrogen and oxygen atoms in total. The van der Waals surface area contributed by atoms with Crippen LogP contribution in [0.1, 0.15) is 47.8 Å². The smallest absolute Gasteiger partial charge is 0.191 e. The maximum atomic E-state index is 4.42. The zero-order valence-corrected chi connectivity index (χ0v) is 17.9. The van der Waals surface area contributed by atoms with E-state index in [0.717, 1.165) is 23.8 Å². The average molecular weight is 458 g/mol. The molecule has 0 spiro atoms. The normalized spacial score (nSPS) is 12.4. The zero-order chi connectivity index (χ0) is 16.7. The zero-order valence-electron chi connectivity index (χ0n) is 14.8. The standard InChI is InChI=1S/C18H26N4S.HI/c1-5-14-7-9-15(10-8-14)13(3)22-18(19-4)21-12-17-20-11-16(6-2)23-17;/h7-11,13H,5-6,12H2,1-4H3,(H2,19,21,22);1H. The highest BCUT2D eigenvalue weighted by Gasteiger charge is 2.08. The van der Waals surface area contributed by atoms with E-state index in [-0.39, 0.29) is 30.0 Å². The van der Waals surface area contributed by atoms with Gasteiger partial charge in [0.15, 0.2) is 5.96 Å². The fourth-order valence-corrected chi connectivity index (χ4v) is 3.08. The number of guanidine groups is 1. The second-order valence-corrected chi connectivity index (χ2v) is 6.66. The fourth-order valence-electron chi connectivity index (χ4n) is 2.28. The van der Waals surface area contributed by atoms with Gasteiger partial charge < -0.3 is 10.6 Å². The topological polar surface area (TPSA) is 49.3 Å². The molecule has 1 heterocycles. The maximum absolute atomic E-state index is 4.42. The van der Waals surface area contributed by atoms with E-state index in [2.05, 4.69) is 65.6 Å². The summed E-state index contributed by atoms with van der Waals surface area (Å²) in [5.41, 5.74) is 2.62. The monoisotopic (exact) mass is 458 g/mol. The molecular formula is C18H27IN4S. The van der Waals surface area contributed by atoms with Gasteiger partial charge in [-0.15, -0.1) is 35.3 Å². The Labute approximate surface area is 166 Å². The molecule has 0 saturated heterocycles. The number of benzene rings is 1. The molecule has 2 N–H and O–H groups in total. The summed E-state index contributed by atoms with van der Waals surface area (Å²) in [7, 11) is 1.79. The molecule has 6 heteroatoms. The minimum absolute atomic E-state index is 0. The fraction of sp³-hybridized carbons (Fsp3) is 0.444. The predicted octanol–water partition coefficient (Wildman–Crippen LogP) is 4.31. The van der Waals surface area contributed by atoms with Gasteiger partial charge in [-0.05, 0) is 30.9 Å². The molecule has 0 aliphatic carbocycles. The first-order chi connectivity index (χ1) is 11.2. The molecular weight excluding hydrogens is 431 g/mol. The number of nitrogens with one attached hydrogen (secondary N) is 2. The molecule has 0 fully saturated rings. The van der Waals surface area contributed by atoms with Crippen LogP contribution in [0.25, 0.3) is 0 Å². The molecule has 2 rings (SSSR count). The van der Waals surface area contributed by atoms with Crippen molar-refractivity contribution in [3.63, 3.8) is 0 Å². The van der Waals surface area contributed by atoms with Crippen molar-refractivity contribution in [1.82, 2.24) is 15.6 Å². The van der Waals surface area contributed by atoms with E-state index in [1.807, 2.05) is 6.20 Å². The summed E-state index contributed by atoms with van der Waals surface area (Å²) >= 11 is 1.75. The minimum Gasteiger partial charge on any atom is -0.350 e. The molecule has 0 aliphatic heterocycles. The van der Waals surface area contributed by atoms with Crippen LogP contribution in [-0.2, 0) is 19.4 Å². The van der Waals surface area contributed by atoms with Gasteiger partial charge in [-0.3, -0.25) is 4.99 Å². The summed E-state index contributed by atoms with van der Waals surface area (Å²) in [6, 6.07) is 8.93. The summed E-state index contributed by atoms with van der Waals surface area (Å²) in [6.07, 6.45) is 4.06. The van der Waals surface area contributed by atoms with Crippen molar-refractivity contribution in [2.75, 3.05) is 7.05 Å². The van der Waals surface area contributed by atoms with Crippen LogP contribution in [0.15, 0.2) is 35.5 Å². The molecule has 0 radical (unpaired) electrons. The number of aromatic nitrogens is 1. The molecule has 1 aromatic heterocycles. The third-order valence-corrected chi connectivity index (χ3v) is 4.96. The predicted molar refractivity (Wildman–Crippen MR) is 114 cm³/mol. The summed E-state index contributed by atoms with van der Waals surface area (Å²) in [5, 5.41) is 7.85. The van der Waals surface area contributed by atoms with E-state index in [4.69, 9.17) is 0 Å². The average Bonchev–Trinajstić information content (AvgIpc) is 3.06. The molecule has 1 unspecified atom stereocenters. The van der Waals surface area contributed by atoms with Crippen LogP contribution in [0, 0.1) is 0 Å². The number of nitrogens with zero attached hydrogens (tertiary/aromatic N) is 2. The van der Waals surface area contributed by atoms with Crippen LogP contribution in [0.5, 0.6) is 0 Å². The number of halogens is 1. The molecule has 1 atom stereocenters. The molecule has 24 heavy (non-hydrogen) atoms. The maximum Gasteiger partial charge on any atom is 0.191 e. The van der Waals surface area contributed by atoms with Crippen LogP contribution >= 0.6 is 35.3 Å². The SMILES string of the molecule is CCc1ccc(C(C)NC(=NC)NCc2ncc(CC)s2)cc1.I. The lowest BCUT2D eigenvalue weighted by Gasteiger charge is -2.18. The number of rotatable bonds is 6. The first-order valence-electron chi connectivity index (χ1n) is 8.15. The van der Waals surface area contributed by atoms with E-state index in [1.54, 1.807) is 18.4 Å². The van der Waals surface area contributed by atoms with Gasteiger partial charge in [0.1, 0.15) is 5.01 Å². The number of aliphatic imine (C=N–C) groups is 1. The van der Waals surface area contributed by atoms with Gasteiger partial charge in [0.25, 0.3) is 0 Å². The highest BCUT2D eigenvalue weighted by atomic mass is 127. The van der Waals surface area contributed by atoms with Crippen LogP contribution in [0.2, 0.25) is 0 Å². The largest absolute Gasteiger partial charge is 0.350 e. The van der Waals surface area contributed by atoms with Crippen molar-refractivity contribution in [3.8, 4) is 0 Å². The Morgan fingerprint density at radius 2 is 1.92 bits per heavy atom. The first kappa shape index (κ1) is 20.9. The Hall–Kier alpha value is -1.15. The Morgan fingerprint density at radius 3 is 2.46 bits per heavy atom. The highest BCUT2D eigenvalue weighted by molar-refractivity contribution is 14.0. The Balaban J connectivity index is 0.00000288. The van der Waals surface area contributed by atoms with Gasteiger partial charge in [0.2, 0.25) is 0 Å². The van der Waals surface area contributed by atoms with E-state index < -0.39 is 0 Å². The van der Waals surface area contributed by atoms with Crippen molar-refractivity contribution in [2.45, 2.75) is 46.2 Å². The molecule has 2 aromatic rings. The molecule has 132 valence electrons. The first-order valence-corrected chi connectivity index (χ1v) is 8.97. The van der Waals surface area contributed by atoms with E-state index in [0.29, 0.717) is 6.54 Å². The number of aryl methyl sites for hydroxylation is 2. The van der Waals surface area contributed by atoms with Crippen molar-refractivity contribution >= 4 is 41.3 Å². The quantitative estimate of drug-likeness (QED) is 0.385. The Kier molecular flexibility index (Phi) is 9.28. The number of hydrogen-bond acceptors (Lipinski definition) is 3. The van der Waals surface area contributed by atoms with Crippen molar-refractivity contribution in [2.24, 2.45) is 4.99 Å². The second kappa shape index (κ2) is 10.7. The van der Waals surface area contributed by atoms with Gasteiger partial charge in [-0.2, -0.15) is 0 Å². The molecule has 0 bridgehead atoms. The van der Waals surface area contributed by atoms with E-state index >= 15 is 0 Å². The lowest BCUT2D eigenvalue weighted by molar-refractivity contribution is 0.684. The Morgan fingerprint density at radius 1 is 1.21 bits per heavy atom. The summed E-state index contributed by atoms with van der Waals surface area (Å²) in [5.74, 6) is 0.797. The summed E-state index contributed by atoms with van der Waals surface area (Å²) < 4.78 is 0. The highest BCUT2D eigenvalue weighted by Crippen LogP contribution is 2.14. The molecule has 1 aromatic carbocycles. The van der Waals surface area contributed by atoms with Gasteiger partial charge in [0.05, 0.1) is 12.6 Å². The van der Waals surface area contributed by atoms with Gasteiger partial charge in [-0.1, -0.05) is 38.1 Å². The van der Waals surface area contributed by atoms with Crippen molar-refractivity contribution in [3.05, 3.63) is 51.5 Å². The van der Waals surface area contributed by atoms with Gasteiger partial charge >= 0.3 is 0 Å². The van der Waals surface area contributed by atoms with Crippen molar-refractivity contribution < 1.29 is 0 Å². The van der Waals surface area contributed by atoms with Crippen LogP contribution in [0.3, 0.4) is 0 Å². The summed E-state index contributed by atoms with van der Waals surface area (Å²) in [6.45, 7) is 7.17. The van der Waals surface area contributed by atoms with Gasteiger partial charge in [-0.25, -0.2) is 4.98 Å². The van der Waals surface area contributed by atoms with E-state index in [9.17, 15) is 0 Å².